The maximum Gasteiger partial charge on any atom is 0.149 e. The van der Waals surface area contributed by atoms with E-state index < -0.39 is 25.7 Å². The zero-order valence-electron chi connectivity index (χ0n) is 25.0. The highest BCUT2D eigenvalue weighted by atomic mass is 35.5. The number of aromatic nitrogens is 2. The second-order valence-corrected chi connectivity index (χ2v) is 15.8. The minimum atomic E-state index is -3.40. The van der Waals surface area contributed by atoms with Crippen LogP contribution in [0.15, 0.2) is 83.5 Å². The molecule has 0 aliphatic carbocycles. The van der Waals surface area contributed by atoms with Gasteiger partial charge in [0.05, 0.1) is 28.1 Å². The van der Waals surface area contributed by atoms with Crippen molar-refractivity contribution in [2.45, 2.75) is 19.2 Å². The highest BCUT2D eigenvalue weighted by Crippen LogP contribution is 2.31. The normalized spacial score (nSPS) is 12.7. The smallest absolute Gasteiger partial charge is 0.149 e. The molecule has 0 saturated heterocycles. The molecule has 5 rings (SSSR count). The van der Waals surface area contributed by atoms with Crippen LogP contribution >= 0.6 is 11.6 Å². The third-order valence-electron chi connectivity index (χ3n) is 6.96. The number of hydrogen-bond donors (Lipinski definition) is 2. The molecule has 1 unspecified atom stereocenters. The molecule has 0 bridgehead atoms. The van der Waals surface area contributed by atoms with Crippen LogP contribution in [0.4, 0.5) is 10.2 Å². The first kappa shape index (κ1) is 33.3. The van der Waals surface area contributed by atoms with Crippen LogP contribution in [0.25, 0.3) is 22.2 Å². The monoisotopic (exact) mass is 686 g/mol. The lowest BCUT2D eigenvalue weighted by molar-refractivity contribution is 0.305. The van der Waals surface area contributed by atoms with E-state index in [0.717, 1.165) is 23.5 Å². The van der Waals surface area contributed by atoms with Crippen LogP contribution in [0, 0.1) is 5.82 Å². The molecule has 2 heterocycles. The average molecular weight is 687 g/mol. The van der Waals surface area contributed by atoms with Crippen molar-refractivity contribution < 1.29 is 30.4 Å². The van der Waals surface area contributed by atoms with E-state index in [2.05, 4.69) is 20.6 Å². The molecule has 0 fully saturated rings. The van der Waals surface area contributed by atoms with E-state index in [1.54, 1.807) is 36.4 Å². The minimum absolute atomic E-state index is 0.0767. The summed E-state index contributed by atoms with van der Waals surface area (Å²) in [5.41, 5.74) is 2.98. The molecule has 10 nitrogen and oxygen atoms in total. The first-order valence-electron chi connectivity index (χ1n) is 14.2. The van der Waals surface area contributed by atoms with E-state index in [1.807, 2.05) is 24.3 Å². The summed E-state index contributed by atoms with van der Waals surface area (Å²) in [6.45, 7) is 0.657. The fourth-order valence-electron chi connectivity index (χ4n) is 4.75. The maximum atomic E-state index is 13.5. The molecular formula is C32H32ClFN4O6S2. The number of furan rings is 1. The zero-order valence-corrected chi connectivity index (χ0v) is 27.4. The third kappa shape index (κ3) is 9.25. The van der Waals surface area contributed by atoms with Crippen molar-refractivity contribution in [1.82, 2.24) is 15.3 Å². The van der Waals surface area contributed by atoms with Gasteiger partial charge in [0.25, 0.3) is 0 Å². The standard InChI is InChI=1S/C32H32ClFN4O6S2/c1-45(39,40)13-12-35-28(19-46(2,41)42)31-11-10-29(44-31)23-7-8-27-25(16-23)32(38-20-37-27)36-17-21-6-9-30(26(33)15-21)43-18-22-4-3-5-24(34)14-22/h3-11,14-16,20,28,35H,12-13,17-19H2,1-2H3,(H,36,37,38). The van der Waals surface area contributed by atoms with E-state index in [4.69, 9.17) is 20.8 Å². The number of benzene rings is 3. The molecule has 0 amide bonds. The topological polar surface area (TPSA) is 140 Å². The van der Waals surface area contributed by atoms with E-state index in [1.165, 1.54) is 18.5 Å². The molecule has 0 spiro atoms. The van der Waals surface area contributed by atoms with Gasteiger partial charge in [0.15, 0.2) is 0 Å². The Hall–Kier alpha value is -4.04. The van der Waals surface area contributed by atoms with Crippen molar-refractivity contribution in [1.29, 1.82) is 0 Å². The molecule has 46 heavy (non-hydrogen) atoms. The van der Waals surface area contributed by atoms with Crippen LogP contribution in [0.2, 0.25) is 5.02 Å². The molecule has 2 N–H and O–H groups in total. The Labute approximate surface area is 271 Å². The summed E-state index contributed by atoms with van der Waals surface area (Å²) >= 11 is 6.47. The van der Waals surface area contributed by atoms with Crippen molar-refractivity contribution in [3.05, 3.63) is 107 Å². The van der Waals surface area contributed by atoms with Crippen LogP contribution in [0.5, 0.6) is 5.75 Å². The van der Waals surface area contributed by atoms with Gasteiger partial charge in [-0.15, -0.1) is 0 Å². The average Bonchev–Trinajstić information content (AvgIpc) is 3.48. The molecule has 0 radical (unpaired) electrons. The number of nitrogens with zero attached hydrogens (tertiary/aromatic N) is 2. The number of rotatable bonds is 14. The van der Waals surface area contributed by atoms with E-state index >= 15 is 0 Å². The van der Waals surface area contributed by atoms with Gasteiger partial charge in [-0.1, -0.05) is 29.8 Å². The number of sulfone groups is 2. The zero-order chi connectivity index (χ0) is 32.9. The molecule has 14 heteroatoms. The first-order chi connectivity index (χ1) is 21.8. The van der Waals surface area contributed by atoms with Crippen molar-refractivity contribution in [2.24, 2.45) is 0 Å². The SMILES string of the molecule is CS(=O)(=O)CCNC(CS(C)(=O)=O)c1ccc(-c2ccc3ncnc(NCc4ccc(OCc5cccc(F)c5)c(Cl)c4)c3c2)o1. The van der Waals surface area contributed by atoms with Crippen LogP contribution in [0.3, 0.4) is 0 Å². The lowest BCUT2D eigenvalue weighted by Gasteiger charge is -2.15. The van der Waals surface area contributed by atoms with Gasteiger partial charge < -0.3 is 19.8 Å². The number of ether oxygens (including phenoxy) is 1. The Kier molecular flexibility index (Phi) is 10.3. The summed E-state index contributed by atoms with van der Waals surface area (Å²) < 4.78 is 72.6. The molecule has 0 saturated carbocycles. The second kappa shape index (κ2) is 14.2. The molecule has 242 valence electrons. The summed E-state index contributed by atoms with van der Waals surface area (Å²) in [5, 5.41) is 7.48. The summed E-state index contributed by atoms with van der Waals surface area (Å²) in [7, 11) is -6.63. The maximum absolute atomic E-state index is 13.5. The van der Waals surface area contributed by atoms with E-state index in [0.29, 0.717) is 51.3 Å². The van der Waals surface area contributed by atoms with Gasteiger partial charge in [-0.25, -0.2) is 31.2 Å². The van der Waals surface area contributed by atoms with Crippen molar-refractivity contribution >= 4 is 48.0 Å². The quantitative estimate of drug-likeness (QED) is 0.152. The summed E-state index contributed by atoms with van der Waals surface area (Å²) in [6.07, 6.45) is 3.70. The number of nitrogens with one attached hydrogen (secondary N) is 2. The van der Waals surface area contributed by atoms with Crippen LogP contribution in [0.1, 0.15) is 22.9 Å². The van der Waals surface area contributed by atoms with Gasteiger partial charge in [0.1, 0.15) is 61.5 Å². The molecule has 5 aromatic rings. The largest absolute Gasteiger partial charge is 0.487 e. The Morgan fingerprint density at radius 1 is 0.935 bits per heavy atom. The van der Waals surface area contributed by atoms with Crippen LogP contribution in [-0.2, 0) is 32.8 Å². The fraction of sp³-hybridized carbons (Fsp3) is 0.250. The van der Waals surface area contributed by atoms with Gasteiger partial charge in [-0.2, -0.15) is 0 Å². The summed E-state index contributed by atoms with van der Waals surface area (Å²) in [6, 6.07) is 19.8. The summed E-state index contributed by atoms with van der Waals surface area (Å²) in [5.74, 6) is 1.21. The minimum Gasteiger partial charge on any atom is -0.487 e. The Morgan fingerprint density at radius 2 is 1.76 bits per heavy atom. The second-order valence-electron chi connectivity index (χ2n) is 10.9. The number of fused-ring (bicyclic) bond motifs is 1. The Balaban J connectivity index is 1.30. The molecule has 2 aromatic heterocycles. The van der Waals surface area contributed by atoms with Crippen molar-refractivity contribution in [3.63, 3.8) is 0 Å². The Bertz CT molecular complexity index is 2070. The van der Waals surface area contributed by atoms with E-state index in [9.17, 15) is 21.2 Å². The molecular weight excluding hydrogens is 655 g/mol. The number of halogens is 2. The molecule has 0 aliphatic heterocycles. The molecule has 0 aliphatic rings. The summed E-state index contributed by atoms with van der Waals surface area (Å²) in [4.78, 5) is 8.79. The third-order valence-corrected chi connectivity index (χ3v) is 9.14. The van der Waals surface area contributed by atoms with Gasteiger partial charge in [0, 0.05) is 36.6 Å². The lowest BCUT2D eigenvalue weighted by Crippen LogP contribution is -2.31. The van der Waals surface area contributed by atoms with Crippen LogP contribution in [-0.4, -0.2) is 57.4 Å². The highest BCUT2D eigenvalue weighted by molar-refractivity contribution is 7.90. The number of hydrogen-bond acceptors (Lipinski definition) is 10. The van der Waals surface area contributed by atoms with Gasteiger partial charge >= 0.3 is 0 Å². The first-order valence-corrected chi connectivity index (χ1v) is 18.7. The predicted octanol–water partition coefficient (Wildman–Crippen LogP) is 5.59. The van der Waals surface area contributed by atoms with Gasteiger partial charge in [-0.3, -0.25) is 0 Å². The molecule has 3 aromatic carbocycles. The fourth-order valence-corrected chi connectivity index (χ4v) is 6.39. The number of anilines is 1. The highest BCUT2D eigenvalue weighted by Gasteiger charge is 2.22. The van der Waals surface area contributed by atoms with Gasteiger partial charge in [0.2, 0.25) is 0 Å². The predicted molar refractivity (Wildman–Crippen MR) is 177 cm³/mol. The van der Waals surface area contributed by atoms with Crippen LogP contribution < -0.4 is 15.4 Å². The van der Waals surface area contributed by atoms with Crippen molar-refractivity contribution in [2.75, 3.05) is 35.9 Å². The van der Waals surface area contributed by atoms with Crippen molar-refractivity contribution in [3.8, 4) is 17.1 Å². The Morgan fingerprint density at radius 3 is 2.50 bits per heavy atom. The lowest BCUT2D eigenvalue weighted by atomic mass is 10.1. The van der Waals surface area contributed by atoms with Gasteiger partial charge in [-0.05, 0) is 65.7 Å². The van der Waals surface area contributed by atoms with E-state index in [-0.39, 0.29) is 30.5 Å². The molecule has 1 atom stereocenters.